The lowest BCUT2D eigenvalue weighted by Crippen LogP contribution is -3.00. The Balaban J connectivity index is 0.00000560. The van der Waals surface area contributed by atoms with Crippen molar-refractivity contribution in [2.75, 3.05) is 0 Å². The summed E-state index contributed by atoms with van der Waals surface area (Å²) in [7, 11) is 0. The van der Waals surface area contributed by atoms with Gasteiger partial charge in [0, 0.05) is 18.6 Å². The summed E-state index contributed by atoms with van der Waals surface area (Å²) in [5, 5.41) is 0. The van der Waals surface area contributed by atoms with Crippen LogP contribution >= 0.6 is 0 Å². The molecule has 1 aromatic heterocycles. The summed E-state index contributed by atoms with van der Waals surface area (Å²) in [6.45, 7) is 3.41. The molecule has 0 aliphatic carbocycles. The minimum atomic E-state index is 0. The second kappa shape index (κ2) is 22.5. The van der Waals surface area contributed by atoms with Gasteiger partial charge in [0.25, 0.3) is 0 Å². The molecule has 3 aromatic rings. The van der Waals surface area contributed by atoms with E-state index in [9.17, 15) is 0 Å². The molecule has 2 nitrogen and oxygen atoms in total. The smallest absolute Gasteiger partial charge is 0.169 e. The number of rotatable bonds is 21. The number of hydrogen-bond acceptors (Lipinski definition) is 1. The Morgan fingerprint density at radius 2 is 0.925 bits per heavy atom. The largest absolute Gasteiger partial charge is 1.00 e. The Labute approximate surface area is 262 Å². The summed E-state index contributed by atoms with van der Waals surface area (Å²) in [5.74, 6) is 1.71. The average Bonchev–Trinajstić information content (AvgIpc) is 2.98. The highest BCUT2D eigenvalue weighted by Gasteiger charge is 2.01. The fraction of sp³-hybridized carbons (Fsp3) is 0.486. The number of hydrogen-bond donors (Lipinski definition) is 0. The molecule has 0 aliphatic rings. The van der Waals surface area contributed by atoms with E-state index in [0.717, 1.165) is 18.0 Å². The predicted molar refractivity (Wildman–Crippen MR) is 168 cm³/mol. The molecule has 0 saturated heterocycles. The van der Waals surface area contributed by atoms with Crippen molar-refractivity contribution in [1.82, 2.24) is 0 Å². The Hall–Kier alpha value is -2.14. The van der Waals surface area contributed by atoms with E-state index in [-0.39, 0.29) is 24.0 Å². The van der Waals surface area contributed by atoms with Crippen molar-refractivity contribution in [2.24, 2.45) is 0 Å². The summed E-state index contributed by atoms with van der Waals surface area (Å²) in [5.41, 5.74) is 2.39. The maximum absolute atomic E-state index is 5.88. The van der Waals surface area contributed by atoms with Crippen LogP contribution < -0.4 is 33.3 Å². The van der Waals surface area contributed by atoms with Crippen molar-refractivity contribution in [3.63, 3.8) is 0 Å². The van der Waals surface area contributed by atoms with Crippen molar-refractivity contribution >= 4 is 12.2 Å². The summed E-state index contributed by atoms with van der Waals surface area (Å²) in [6, 6.07) is 22.5. The summed E-state index contributed by atoms with van der Waals surface area (Å²) >= 11 is 0. The van der Waals surface area contributed by atoms with Gasteiger partial charge in [-0.05, 0) is 41.8 Å². The zero-order valence-electron chi connectivity index (χ0n) is 24.9. The van der Waals surface area contributed by atoms with Gasteiger partial charge in [0.2, 0.25) is 0 Å². The van der Waals surface area contributed by atoms with Gasteiger partial charge in [0.1, 0.15) is 18.0 Å². The number of benzene rings is 2. The average molecular weight is 654 g/mol. The first-order chi connectivity index (χ1) is 19.3. The van der Waals surface area contributed by atoms with E-state index in [4.69, 9.17) is 4.74 Å². The number of nitrogens with zero attached hydrogens (tertiary/aromatic N) is 1. The molecular weight excluding hydrogens is 601 g/mol. The zero-order chi connectivity index (χ0) is 27.2. The summed E-state index contributed by atoms with van der Waals surface area (Å²) in [4.78, 5) is 0. The van der Waals surface area contributed by atoms with E-state index in [2.05, 4.69) is 60.3 Å². The number of ether oxygens (including phenoxy) is 1. The summed E-state index contributed by atoms with van der Waals surface area (Å²) in [6.07, 6.45) is 31.4. The second-order valence-electron chi connectivity index (χ2n) is 11.0. The zero-order valence-corrected chi connectivity index (χ0v) is 27.1. The topological polar surface area (TPSA) is 13.1 Å². The van der Waals surface area contributed by atoms with Crippen molar-refractivity contribution in [1.29, 1.82) is 0 Å². The Morgan fingerprint density at radius 3 is 1.43 bits per heavy atom. The lowest BCUT2D eigenvalue weighted by Gasteiger charge is -2.05. The van der Waals surface area contributed by atoms with Crippen LogP contribution in [-0.2, 0) is 6.54 Å². The van der Waals surface area contributed by atoms with Gasteiger partial charge in [-0.25, -0.2) is 4.57 Å². The van der Waals surface area contributed by atoms with Crippen LogP contribution in [0.15, 0.2) is 79.1 Å². The molecule has 0 aliphatic heterocycles. The third-order valence-electron chi connectivity index (χ3n) is 7.51. The van der Waals surface area contributed by atoms with Crippen molar-refractivity contribution in [2.45, 2.75) is 116 Å². The molecule has 2 aromatic carbocycles. The Kier molecular flexibility index (Phi) is 19.2. The molecular formula is C37H52INO. The molecule has 0 N–H and O–H groups in total. The Morgan fingerprint density at radius 1 is 0.500 bits per heavy atom. The molecule has 3 heteroatoms. The van der Waals surface area contributed by atoms with Crippen LogP contribution in [0.5, 0.6) is 11.5 Å². The number of pyridine rings is 1. The predicted octanol–water partition coefficient (Wildman–Crippen LogP) is 8.20. The van der Waals surface area contributed by atoms with Gasteiger partial charge < -0.3 is 28.7 Å². The lowest BCUT2D eigenvalue weighted by molar-refractivity contribution is -0.697. The maximum atomic E-state index is 5.88. The van der Waals surface area contributed by atoms with Crippen LogP contribution in [0.2, 0.25) is 0 Å². The third-order valence-corrected chi connectivity index (χ3v) is 7.51. The van der Waals surface area contributed by atoms with E-state index < -0.39 is 0 Å². The van der Waals surface area contributed by atoms with Crippen LogP contribution in [0.4, 0.5) is 0 Å². The van der Waals surface area contributed by atoms with E-state index in [0.29, 0.717) is 0 Å². The Bertz CT molecular complexity index is 1010. The molecule has 218 valence electrons. The van der Waals surface area contributed by atoms with Crippen molar-refractivity contribution in [3.8, 4) is 11.5 Å². The van der Waals surface area contributed by atoms with E-state index in [1.807, 2.05) is 42.5 Å². The molecule has 0 bridgehead atoms. The molecule has 0 fully saturated rings. The lowest BCUT2D eigenvalue weighted by atomic mass is 10.0. The first kappa shape index (κ1) is 34.1. The molecule has 3 rings (SSSR count). The molecule has 1 heterocycles. The molecule has 0 amide bonds. The maximum Gasteiger partial charge on any atom is 0.169 e. The van der Waals surface area contributed by atoms with E-state index >= 15 is 0 Å². The monoisotopic (exact) mass is 653 g/mol. The minimum Gasteiger partial charge on any atom is -1.00 e. The van der Waals surface area contributed by atoms with Crippen LogP contribution in [0.1, 0.15) is 121 Å². The van der Waals surface area contributed by atoms with Crippen LogP contribution in [0, 0.1) is 0 Å². The normalized spacial score (nSPS) is 11.0. The molecule has 0 spiro atoms. The molecule has 0 atom stereocenters. The van der Waals surface area contributed by atoms with Crippen molar-refractivity contribution < 1.29 is 33.3 Å². The van der Waals surface area contributed by atoms with Gasteiger partial charge in [-0.15, -0.1) is 0 Å². The minimum absolute atomic E-state index is 0. The van der Waals surface area contributed by atoms with Gasteiger partial charge in [-0.3, -0.25) is 0 Å². The standard InChI is InChI=1S/C37H52NO.HI/c1-2-3-4-5-6-7-8-9-10-11-12-13-14-15-16-20-31-38-32-29-35(30-33-38)24-23-34-25-27-37(28-26-34)39-36-21-18-17-19-22-36;/h17-19,21-30,32-33H,2-16,20,31H2,1H3;1H/q+1;/p-1. The third kappa shape index (κ3) is 15.6. The fourth-order valence-electron chi connectivity index (χ4n) is 5.04. The van der Waals surface area contributed by atoms with Crippen LogP contribution in [0.3, 0.4) is 0 Å². The number of aromatic nitrogens is 1. The number of para-hydroxylation sites is 1. The van der Waals surface area contributed by atoms with Gasteiger partial charge in [-0.1, -0.05) is 139 Å². The fourth-order valence-corrected chi connectivity index (χ4v) is 5.04. The summed E-state index contributed by atoms with van der Waals surface area (Å²) < 4.78 is 8.19. The van der Waals surface area contributed by atoms with E-state index in [1.165, 1.54) is 114 Å². The first-order valence-corrected chi connectivity index (χ1v) is 15.8. The highest BCUT2D eigenvalue weighted by molar-refractivity contribution is 5.69. The van der Waals surface area contributed by atoms with Crippen molar-refractivity contribution in [3.05, 3.63) is 90.3 Å². The number of unbranched alkanes of at least 4 members (excludes halogenated alkanes) is 15. The van der Waals surface area contributed by atoms with E-state index in [1.54, 1.807) is 0 Å². The number of aryl methyl sites for hydroxylation is 1. The van der Waals surface area contributed by atoms with Crippen LogP contribution in [0.25, 0.3) is 12.2 Å². The first-order valence-electron chi connectivity index (χ1n) is 15.8. The van der Waals surface area contributed by atoms with Gasteiger partial charge in [0.05, 0.1) is 0 Å². The van der Waals surface area contributed by atoms with Gasteiger partial charge in [0.15, 0.2) is 12.4 Å². The molecule has 40 heavy (non-hydrogen) atoms. The van der Waals surface area contributed by atoms with Gasteiger partial charge in [-0.2, -0.15) is 0 Å². The van der Waals surface area contributed by atoms with Gasteiger partial charge >= 0.3 is 0 Å². The molecule has 0 radical (unpaired) electrons. The highest BCUT2D eigenvalue weighted by atomic mass is 127. The van der Waals surface area contributed by atoms with Crippen LogP contribution in [-0.4, -0.2) is 0 Å². The molecule has 0 saturated carbocycles. The molecule has 0 unspecified atom stereocenters. The quantitative estimate of drug-likeness (QED) is 0.0642. The number of halogens is 1. The second-order valence-corrected chi connectivity index (χ2v) is 11.0. The SMILES string of the molecule is CCCCCCCCCCCCCCCCCC[n+]1ccc(C=Cc2ccc(Oc3ccccc3)cc2)cc1.[I-]. The highest BCUT2D eigenvalue weighted by Crippen LogP contribution is 2.22.